The van der Waals surface area contributed by atoms with Gasteiger partial charge in [0, 0.05) is 11.9 Å². The monoisotopic (exact) mass is 512 g/mol. The summed E-state index contributed by atoms with van der Waals surface area (Å²) in [5.74, 6) is 0.148. The minimum absolute atomic E-state index is 0. The van der Waals surface area contributed by atoms with Gasteiger partial charge in [-0.1, -0.05) is 77.0 Å². The summed E-state index contributed by atoms with van der Waals surface area (Å²) >= 11 is 8.30. The van der Waals surface area contributed by atoms with Crippen molar-refractivity contribution in [1.29, 1.82) is 0 Å². The van der Waals surface area contributed by atoms with Gasteiger partial charge in [-0.3, -0.25) is 0 Å². The summed E-state index contributed by atoms with van der Waals surface area (Å²) in [6.07, 6.45) is 19.0. The van der Waals surface area contributed by atoms with Crippen molar-refractivity contribution in [1.82, 2.24) is 0 Å². The largest absolute Gasteiger partial charge is 1.00 e. The first kappa shape index (κ1) is 40.1. The molecule has 0 unspecified atom stereocenters. The first-order chi connectivity index (χ1) is 13.5. The Balaban J connectivity index is -0.000000211. The van der Waals surface area contributed by atoms with E-state index >= 15 is 0 Å². The van der Waals surface area contributed by atoms with E-state index in [4.69, 9.17) is 0 Å². The van der Waals surface area contributed by atoms with Crippen molar-refractivity contribution in [2.75, 3.05) is 11.5 Å². The SMILES string of the molecule is O=C([O-])CCCCCCCCCCS.O=C([O-])CCCCCCCCCCS.[K+].[K+]. The zero-order valence-electron chi connectivity index (χ0n) is 19.7. The van der Waals surface area contributed by atoms with Crippen molar-refractivity contribution in [3.8, 4) is 0 Å². The van der Waals surface area contributed by atoms with Crippen LogP contribution in [0.1, 0.15) is 116 Å². The van der Waals surface area contributed by atoms with E-state index in [2.05, 4.69) is 25.3 Å². The van der Waals surface area contributed by atoms with Crippen molar-refractivity contribution in [2.24, 2.45) is 0 Å². The first-order valence-corrected chi connectivity index (χ1v) is 12.4. The van der Waals surface area contributed by atoms with Gasteiger partial charge < -0.3 is 19.8 Å². The molecular formula is C22H42K2O4S2. The van der Waals surface area contributed by atoms with E-state index < -0.39 is 11.9 Å². The molecular weight excluding hydrogens is 471 g/mol. The molecule has 0 saturated heterocycles. The number of unbranched alkanes of at least 4 members (excludes halogenated alkanes) is 14. The fourth-order valence-corrected chi connectivity index (χ4v) is 3.33. The Morgan fingerprint density at radius 3 is 0.833 bits per heavy atom. The van der Waals surface area contributed by atoms with E-state index in [0.29, 0.717) is 0 Å². The average Bonchev–Trinajstić information content (AvgIpc) is 2.65. The Labute approximate surface area is 281 Å². The third-order valence-corrected chi connectivity index (χ3v) is 5.21. The summed E-state index contributed by atoms with van der Waals surface area (Å²) in [7, 11) is 0. The summed E-state index contributed by atoms with van der Waals surface area (Å²) in [6.45, 7) is 0. The number of hydrogen-bond donors (Lipinski definition) is 2. The quantitative estimate of drug-likeness (QED) is 0.117. The number of rotatable bonds is 20. The van der Waals surface area contributed by atoms with Crippen LogP contribution in [-0.2, 0) is 9.59 Å². The molecule has 0 aromatic carbocycles. The van der Waals surface area contributed by atoms with E-state index in [1.165, 1.54) is 64.2 Å². The van der Waals surface area contributed by atoms with Crippen LogP contribution >= 0.6 is 25.3 Å². The number of aliphatic carboxylic acids is 2. The molecule has 0 aliphatic carbocycles. The molecule has 0 aliphatic heterocycles. The van der Waals surface area contributed by atoms with E-state index in [1.54, 1.807) is 0 Å². The Morgan fingerprint density at radius 1 is 0.433 bits per heavy atom. The third kappa shape index (κ3) is 44.6. The molecule has 0 aliphatic rings. The molecule has 0 spiro atoms. The Kier molecular flexibility index (Phi) is 48.8. The van der Waals surface area contributed by atoms with Gasteiger partial charge in [-0.25, -0.2) is 0 Å². The zero-order chi connectivity index (χ0) is 21.3. The molecule has 0 radical (unpaired) electrons. The first-order valence-electron chi connectivity index (χ1n) is 11.2. The molecule has 168 valence electrons. The van der Waals surface area contributed by atoms with Gasteiger partial charge in [0.15, 0.2) is 0 Å². The molecule has 0 saturated carbocycles. The number of carbonyl (C=O) groups excluding carboxylic acids is 2. The molecule has 0 heterocycles. The van der Waals surface area contributed by atoms with Crippen molar-refractivity contribution >= 4 is 37.2 Å². The standard InChI is InChI=1S/2C11H22O2S.2K/c2*12-11(13)9-7-5-3-1-2-4-6-8-10-14;;/h2*14H,1-10H2,(H,12,13);;/q;;2*+1/p-2. The van der Waals surface area contributed by atoms with Crippen LogP contribution in [0.2, 0.25) is 0 Å². The van der Waals surface area contributed by atoms with Gasteiger partial charge in [0.05, 0.1) is 0 Å². The predicted octanol–water partition coefficient (Wildman–Crippen LogP) is -1.64. The summed E-state index contributed by atoms with van der Waals surface area (Å²) in [5.41, 5.74) is 0. The summed E-state index contributed by atoms with van der Waals surface area (Å²) in [6, 6.07) is 0. The summed E-state index contributed by atoms with van der Waals surface area (Å²) < 4.78 is 0. The van der Waals surface area contributed by atoms with Crippen LogP contribution in [0.4, 0.5) is 0 Å². The minimum atomic E-state index is -0.918. The Morgan fingerprint density at radius 2 is 0.633 bits per heavy atom. The number of carboxylic acids is 2. The van der Waals surface area contributed by atoms with Gasteiger partial charge >= 0.3 is 103 Å². The maximum atomic E-state index is 10.1. The van der Waals surface area contributed by atoms with Gasteiger partial charge in [-0.2, -0.15) is 25.3 Å². The second kappa shape index (κ2) is 36.5. The van der Waals surface area contributed by atoms with E-state index in [1.807, 2.05) is 0 Å². The molecule has 0 aromatic heterocycles. The molecule has 8 heteroatoms. The fraction of sp³-hybridized carbons (Fsp3) is 0.909. The zero-order valence-corrected chi connectivity index (χ0v) is 27.7. The molecule has 0 fully saturated rings. The Hall–Kier alpha value is 2.91. The maximum absolute atomic E-state index is 10.1. The normalized spacial score (nSPS) is 9.67. The molecule has 0 rings (SSSR count). The van der Waals surface area contributed by atoms with E-state index in [-0.39, 0.29) is 116 Å². The van der Waals surface area contributed by atoms with Crippen LogP contribution < -0.4 is 113 Å². The van der Waals surface area contributed by atoms with Crippen molar-refractivity contribution in [3.63, 3.8) is 0 Å². The maximum Gasteiger partial charge on any atom is 1.00 e. The predicted molar refractivity (Wildman–Crippen MR) is 121 cm³/mol. The molecule has 0 atom stereocenters. The molecule has 30 heavy (non-hydrogen) atoms. The topological polar surface area (TPSA) is 80.3 Å². The van der Waals surface area contributed by atoms with Crippen LogP contribution in [0.25, 0.3) is 0 Å². The van der Waals surface area contributed by atoms with Crippen LogP contribution in [-0.4, -0.2) is 23.4 Å². The summed E-state index contributed by atoms with van der Waals surface area (Å²) in [5, 5.41) is 20.2. The van der Waals surface area contributed by atoms with Crippen molar-refractivity contribution in [3.05, 3.63) is 0 Å². The second-order valence-electron chi connectivity index (χ2n) is 7.35. The van der Waals surface area contributed by atoms with Crippen LogP contribution in [0.15, 0.2) is 0 Å². The Bertz CT molecular complexity index is 317. The van der Waals surface area contributed by atoms with E-state index in [0.717, 1.165) is 50.0 Å². The molecule has 0 bridgehead atoms. The van der Waals surface area contributed by atoms with Gasteiger partial charge in [0.25, 0.3) is 0 Å². The average molecular weight is 513 g/mol. The molecule has 0 aromatic rings. The number of carboxylic acid groups (broad SMARTS) is 2. The number of carbonyl (C=O) groups is 2. The van der Waals surface area contributed by atoms with Crippen molar-refractivity contribution in [2.45, 2.75) is 116 Å². The molecule has 4 nitrogen and oxygen atoms in total. The van der Waals surface area contributed by atoms with Crippen LogP contribution in [0.3, 0.4) is 0 Å². The van der Waals surface area contributed by atoms with Crippen LogP contribution in [0.5, 0.6) is 0 Å². The van der Waals surface area contributed by atoms with Gasteiger partial charge in [-0.05, 0) is 50.0 Å². The fourth-order valence-electron chi connectivity index (χ4n) is 2.88. The summed E-state index contributed by atoms with van der Waals surface area (Å²) in [4.78, 5) is 20.2. The third-order valence-electron chi connectivity index (χ3n) is 4.58. The minimum Gasteiger partial charge on any atom is -0.550 e. The number of thiol groups is 2. The smallest absolute Gasteiger partial charge is 0.550 e. The van der Waals surface area contributed by atoms with Crippen molar-refractivity contribution < 1.29 is 123 Å². The van der Waals surface area contributed by atoms with Gasteiger partial charge in [0.2, 0.25) is 0 Å². The molecule has 0 N–H and O–H groups in total. The molecule has 0 amide bonds. The van der Waals surface area contributed by atoms with Crippen LogP contribution in [0, 0.1) is 0 Å². The van der Waals surface area contributed by atoms with E-state index in [9.17, 15) is 19.8 Å². The second-order valence-corrected chi connectivity index (χ2v) is 8.24. The number of hydrogen-bond acceptors (Lipinski definition) is 6. The van der Waals surface area contributed by atoms with Gasteiger partial charge in [0.1, 0.15) is 0 Å². The van der Waals surface area contributed by atoms with Gasteiger partial charge in [-0.15, -0.1) is 0 Å².